The van der Waals surface area contributed by atoms with Gasteiger partial charge in [0, 0.05) is 19.5 Å². The van der Waals surface area contributed by atoms with Crippen molar-refractivity contribution in [3.8, 4) is 0 Å². The highest BCUT2D eigenvalue weighted by molar-refractivity contribution is 5.96. The third-order valence-electron chi connectivity index (χ3n) is 2.90. The molecular formula is C14H18N2O4. The Balaban J connectivity index is 2.81. The van der Waals surface area contributed by atoms with Crippen molar-refractivity contribution in [1.82, 2.24) is 4.90 Å². The first kappa shape index (κ1) is 15.7. The van der Waals surface area contributed by atoms with Gasteiger partial charge >= 0.3 is 5.97 Å². The highest BCUT2D eigenvalue weighted by Crippen LogP contribution is 2.10. The average Bonchev–Trinajstić information content (AvgIpc) is 2.42. The number of aliphatic carboxylic acids is 1. The Kier molecular flexibility index (Phi) is 5.71. The molecule has 0 saturated carbocycles. The number of nitrogens with two attached hydrogens (primary N) is 1. The fourth-order valence-electron chi connectivity index (χ4n) is 1.70. The van der Waals surface area contributed by atoms with E-state index < -0.39 is 23.7 Å². The number of carbonyl (C=O) groups is 3. The molecule has 0 spiro atoms. The van der Waals surface area contributed by atoms with Crippen molar-refractivity contribution < 1.29 is 19.5 Å². The molecule has 1 aromatic carbocycles. The van der Waals surface area contributed by atoms with E-state index in [9.17, 15) is 14.4 Å². The van der Waals surface area contributed by atoms with E-state index in [-0.39, 0.29) is 19.5 Å². The largest absolute Gasteiger partial charge is 0.481 e. The zero-order chi connectivity index (χ0) is 15.1. The lowest BCUT2D eigenvalue weighted by Crippen LogP contribution is -2.39. The number of nitrogens with zero attached hydrogens (tertiary/aromatic N) is 1. The minimum Gasteiger partial charge on any atom is -0.481 e. The van der Waals surface area contributed by atoms with Gasteiger partial charge in [-0.25, -0.2) is 0 Å². The summed E-state index contributed by atoms with van der Waals surface area (Å²) in [5, 5.41) is 8.91. The van der Waals surface area contributed by atoms with Crippen LogP contribution in [0.25, 0.3) is 0 Å². The maximum Gasteiger partial charge on any atom is 0.315 e. The Bertz CT molecular complexity index is 487. The van der Waals surface area contributed by atoms with Gasteiger partial charge in [-0.05, 0) is 12.5 Å². The molecule has 20 heavy (non-hydrogen) atoms. The molecule has 0 saturated heterocycles. The smallest absolute Gasteiger partial charge is 0.315 e. The Morgan fingerprint density at radius 2 is 1.85 bits per heavy atom. The second kappa shape index (κ2) is 7.28. The van der Waals surface area contributed by atoms with Gasteiger partial charge < -0.3 is 15.7 Å². The number of primary amides is 1. The molecule has 0 aliphatic carbocycles. The molecule has 0 fully saturated rings. The molecule has 0 radical (unpaired) electrons. The summed E-state index contributed by atoms with van der Waals surface area (Å²) in [4.78, 5) is 35.2. The van der Waals surface area contributed by atoms with Crippen molar-refractivity contribution in [2.75, 3.05) is 6.54 Å². The molecule has 2 amide bonds. The number of amides is 2. The second-order valence-electron chi connectivity index (χ2n) is 4.52. The van der Waals surface area contributed by atoms with Gasteiger partial charge in [0.15, 0.2) is 0 Å². The zero-order valence-electron chi connectivity index (χ0n) is 11.3. The monoisotopic (exact) mass is 278 g/mol. The normalized spacial score (nSPS) is 11.7. The van der Waals surface area contributed by atoms with Gasteiger partial charge in [0.2, 0.25) is 11.8 Å². The molecule has 6 heteroatoms. The first-order valence-corrected chi connectivity index (χ1v) is 6.25. The van der Waals surface area contributed by atoms with Crippen LogP contribution in [-0.2, 0) is 20.9 Å². The Morgan fingerprint density at radius 1 is 1.25 bits per heavy atom. The van der Waals surface area contributed by atoms with Gasteiger partial charge in [-0.15, -0.1) is 0 Å². The van der Waals surface area contributed by atoms with Crippen LogP contribution >= 0.6 is 0 Å². The highest BCUT2D eigenvalue weighted by atomic mass is 16.4. The predicted molar refractivity (Wildman–Crippen MR) is 72.5 cm³/mol. The molecule has 0 aliphatic rings. The van der Waals surface area contributed by atoms with Crippen molar-refractivity contribution in [2.45, 2.75) is 19.9 Å². The van der Waals surface area contributed by atoms with Crippen molar-refractivity contribution in [2.24, 2.45) is 11.7 Å². The minimum atomic E-state index is -1.19. The molecule has 3 N–H and O–H groups in total. The molecule has 1 unspecified atom stereocenters. The summed E-state index contributed by atoms with van der Waals surface area (Å²) in [6.07, 6.45) is 0.00487. The molecular weight excluding hydrogens is 260 g/mol. The zero-order valence-corrected chi connectivity index (χ0v) is 11.3. The Labute approximate surface area is 117 Å². The van der Waals surface area contributed by atoms with E-state index in [4.69, 9.17) is 10.8 Å². The average molecular weight is 278 g/mol. The van der Waals surface area contributed by atoms with Crippen LogP contribution in [0, 0.1) is 5.92 Å². The van der Waals surface area contributed by atoms with Crippen molar-refractivity contribution in [3.05, 3.63) is 35.9 Å². The van der Waals surface area contributed by atoms with Gasteiger partial charge in [0.05, 0.1) is 0 Å². The second-order valence-corrected chi connectivity index (χ2v) is 4.52. The first-order chi connectivity index (χ1) is 9.41. The standard InChI is InChI=1S/C14H18N2O4/c1-10(14(19)20)13(18)16(8-7-12(15)17)9-11-5-3-2-4-6-11/h2-6,10H,7-9H2,1H3,(H2,15,17)(H,19,20). The molecule has 6 nitrogen and oxygen atoms in total. The van der Waals surface area contributed by atoms with Crippen LogP contribution in [0.5, 0.6) is 0 Å². The molecule has 0 bridgehead atoms. The molecule has 108 valence electrons. The number of carbonyl (C=O) groups excluding carboxylic acids is 2. The predicted octanol–water partition coefficient (Wildman–Crippen LogP) is 0.611. The summed E-state index contributed by atoms with van der Waals surface area (Å²) < 4.78 is 0. The van der Waals surface area contributed by atoms with Crippen molar-refractivity contribution in [3.63, 3.8) is 0 Å². The summed E-state index contributed by atoms with van der Waals surface area (Å²) in [7, 11) is 0. The van der Waals surface area contributed by atoms with Gasteiger partial charge in [0.25, 0.3) is 0 Å². The van der Waals surface area contributed by atoms with E-state index in [0.29, 0.717) is 0 Å². The van der Waals surface area contributed by atoms with Crippen LogP contribution < -0.4 is 5.73 Å². The number of carboxylic acid groups (broad SMARTS) is 1. The van der Waals surface area contributed by atoms with Crippen LogP contribution in [0.15, 0.2) is 30.3 Å². The van der Waals surface area contributed by atoms with E-state index in [2.05, 4.69) is 0 Å². The lowest BCUT2D eigenvalue weighted by atomic mass is 10.1. The molecule has 1 aromatic rings. The van der Waals surface area contributed by atoms with Crippen LogP contribution in [-0.4, -0.2) is 34.3 Å². The van der Waals surface area contributed by atoms with Crippen molar-refractivity contribution >= 4 is 17.8 Å². The summed E-state index contributed by atoms with van der Waals surface area (Å²) >= 11 is 0. The van der Waals surface area contributed by atoms with E-state index in [1.54, 1.807) is 0 Å². The van der Waals surface area contributed by atoms with Gasteiger partial charge in [-0.2, -0.15) is 0 Å². The fraction of sp³-hybridized carbons (Fsp3) is 0.357. The third kappa shape index (κ3) is 4.72. The van der Waals surface area contributed by atoms with Gasteiger partial charge in [0.1, 0.15) is 5.92 Å². The fourth-order valence-corrected chi connectivity index (χ4v) is 1.70. The number of rotatable bonds is 7. The first-order valence-electron chi connectivity index (χ1n) is 6.25. The number of benzene rings is 1. The Morgan fingerprint density at radius 3 is 2.35 bits per heavy atom. The van der Waals surface area contributed by atoms with Gasteiger partial charge in [-0.3, -0.25) is 14.4 Å². The summed E-state index contributed by atoms with van der Waals surface area (Å²) in [6.45, 7) is 1.69. The van der Waals surface area contributed by atoms with Crippen molar-refractivity contribution in [1.29, 1.82) is 0 Å². The van der Waals surface area contributed by atoms with E-state index in [1.165, 1.54) is 11.8 Å². The van der Waals surface area contributed by atoms with E-state index in [1.807, 2.05) is 30.3 Å². The van der Waals surface area contributed by atoms with Crippen LogP contribution in [0.2, 0.25) is 0 Å². The van der Waals surface area contributed by atoms with Gasteiger partial charge in [-0.1, -0.05) is 30.3 Å². The van der Waals surface area contributed by atoms with Crippen LogP contribution in [0.3, 0.4) is 0 Å². The SMILES string of the molecule is CC(C(=O)O)C(=O)N(CCC(N)=O)Cc1ccccc1. The number of carboxylic acids is 1. The number of hydrogen-bond donors (Lipinski definition) is 2. The maximum absolute atomic E-state index is 12.1. The third-order valence-corrected chi connectivity index (χ3v) is 2.90. The molecule has 0 aromatic heterocycles. The molecule has 0 heterocycles. The summed E-state index contributed by atoms with van der Waals surface area (Å²) in [6, 6.07) is 9.16. The van der Waals surface area contributed by atoms with E-state index in [0.717, 1.165) is 5.56 Å². The highest BCUT2D eigenvalue weighted by Gasteiger charge is 2.26. The number of hydrogen-bond acceptors (Lipinski definition) is 3. The molecule has 1 atom stereocenters. The lowest BCUT2D eigenvalue weighted by molar-refractivity contribution is -0.150. The Hall–Kier alpha value is -2.37. The van der Waals surface area contributed by atoms with Crippen LogP contribution in [0.4, 0.5) is 0 Å². The topological polar surface area (TPSA) is 101 Å². The maximum atomic E-state index is 12.1. The molecule has 0 aliphatic heterocycles. The van der Waals surface area contributed by atoms with Crippen LogP contribution in [0.1, 0.15) is 18.9 Å². The lowest BCUT2D eigenvalue weighted by Gasteiger charge is -2.24. The minimum absolute atomic E-state index is 0.00487. The quantitative estimate of drug-likeness (QED) is 0.713. The summed E-state index contributed by atoms with van der Waals surface area (Å²) in [5.74, 6) is -3.39. The molecule has 1 rings (SSSR count). The van der Waals surface area contributed by atoms with E-state index >= 15 is 0 Å². The summed E-state index contributed by atoms with van der Waals surface area (Å²) in [5.41, 5.74) is 5.94.